The fourth-order valence-corrected chi connectivity index (χ4v) is 1.94. The van der Waals surface area contributed by atoms with E-state index in [1.54, 1.807) is 0 Å². The van der Waals surface area contributed by atoms with Gasteiger partial charge >= 0.3 is 5.97 Å². The Morgan fingerprint density at radius 2 is 2.00 bits per heavy atom. The van der Waals surface area contributed by atoms with Crippen LogP contribution in [0.1, 0.15) is 46.5 Å². The summed E-state index contributed by atoms with van der Waals surface area (Å²) in [6, 6.07) is 0.313. The second kappa shape index (κ2) is 6.73. The number of carboxylic acid groups (broad SMARTS) is 1. The van der Waals surface area contributed by atoms with Crippen molar-refractivity contribution in [3.05, 3.63) is 0 Å². The zero-order valence-electron chi connectivity index (χ0n) is 11.5. The predicted molar refractivity (Wildman–Crippen MR) is 69.3 cm³/mol. The van der Waals surface area contributed by atoms with Gasteiger partial charge in [0, 0.05) is 18.6 Å². The Morgan fingerprint density at radius 1 is 1.39 bits per heavy atom. The summed E-state index contributed by atoms with van der Waals surface area (Å²) in [6.07, 6.45) is 3.13. The lowest BCUT2D eigenvalue weighted by Gasteiger charge is -2.28. The normalized spacial score (nSPS) is 18.4. The topological polar surface area (TPSA) is 69.6 Å². The highest BCUT2D eigenvalue weighted by Gasteiger charge is 2.35. The smallest absolute Gasteiger partial charge is 0.304 e. The van der Waals surface area contributed by atoms with E-state index in [0.29, 0.717) is 12.6 Å². The number of hydrogen-bond acceptors (Lipinski definition) is 3. The number of carboxylic acids is 1. The molecule has 2 atom stereocenters. The maximum Gasteiger partial charge on any atom is 0.304 e. The van der Waals surface area contributed by atoms with Crippen LogP contribution in [0.15, 0.2) is 0 Å². The van der Waals surface area contributed by atoms with Gasteiger partial charge < -0.3 is 10.4 Å². The Labute approximate surface area is 109 Å². The molecular formula is C13H24N2O3. The van der Waals surface area contributed by atoms with Crippen LogP contribution in [-0.2, 0) is 9.59 Å². The second-order valence-electron chi connectivity index (χ2n) is 5.11. The molecule has 1 fully saturated rings. The molecule has 1 amide bonds. The van der Waals surface area contributed by atoms with Crippen molar-refractivity contribution in [2.24, 2.45) is 0 Å². The number of nitrogens with zero attached hydrogens (tertiary/aromatic N) is 1. The molecular weight excluding hydrogens is 232 g/mol. The lowest BCUT2D eigenvalue weighted by molar-refractivity contribution is -0.138. The third kappa shape index (κ3) is 4.64. The number of aliphatic carboxylic acids is 1. The molecule has 1 rings (SSSR count). The first-order valence-corrected chi connectivity index (χ1v) is 6.73. The standard InChI is InChI=1S/C13H24N2O3/c1-4-9(2)14-13(18)10(3)15(11-5-6-11)8-7-12(16)17/h9-11H,4-8H2,1-3H3,(H,14,18)(H,16,17). The summed E-state index contributed by atoms with van der Waals surface area (Å²) >= 11 is 0. The van der Waals surface area contributed by atoms with Crippen LogP contribution in [0, 0.1) is 0 Å². The Morgan fingerprint density at radius 3 is 2.44 bits per heavy atom. The van der Waals surface area contributed by atoms with Gasteiger partial charge in [-0.3, -0.25) is 14.5 Å². The molecule has 0 saturated heterocycles. The summed E-state index contributed by atoms with van der Waals surface area (Å²) in [5, 5.41) is 11.7. The molecule has 0 heterocycles. The molecule has 1 aliphatic rings. The van der Waals surface area contributed by atoms with E-state index in [2.05, 4.69) is 5.32 Å². The molecule has 5 heteroatoms. The Kier molecular flexibility index (Phi) is 5.59. The summed E-state index contributed by atoms with van der Waals surface area (Å²) in [6.45, 7) is 6.31. The van der Waals surface area contributed by atoms with Crippen molar-refractivity contribution in [1.82, 2.24) is 10.2 Å². The van der Waals surface area contributed by atoms with Crippen LogP contribution in [0.2, 0.25) is 0 Å². The monoisotopic (exact) mass is 256 g/mol. The van der Waals surface area contributed by atoms with E-state index in [4.69, 9.17) is 5.11 Å². The van der Waals surface area contributed by atoms with Crippen molar-refractivity contribution in [2.75, 3.05) is 6.54 Å². The minimum atomic E-state index is -0.810. The summed E-state index contributed by atoms with van der Waals surface area (Å²) < 4.78 is 0. The Bertz CT molecular complexity index is 303. The first-order valence-electron chi connectivity index (χ1n) is 6.73. The molecule has 2 unspecified atom stereocenters. The lowest BCUT2D eigenvalue weighted by atomic mass is 10.2. The van der Waals surface area contributed by atoms with Crippen LogP contribution < -0.4 is 5.32 Å². The second-order valence-corrected chi connectivity index (χ2v) is 5.11. The van der Waals surface area contributed by atoms with Crippen LogP contribution in [0.3, 0.4) is 0 Å². The van der Waals surface area contributed by atoms with Crippen molar-refractivity contribution >= 4 is 11.9 Å². The van der Waals surface area contributed by atoms with Gasteiger partial charge in [-0.1, -0.05) is 6.92 Å². The fraction of sp³-hybridized carbons (Fsp3) is 0.846. The van der Waals surface area contributed by atoms with Crippen molar-refractivity contribution in [3.63, 3.8) is 0 Å². The van der Waals surface area contributed by atoms with Crippen molar-refractivity contribution in [2.45, 2.75) is 64.6 Å². The van der Waals surface area contributed by atoms with E-state index in [1.165, 1.54) is 0 Å². The minimum absolute atomic E-state index is 0.00152. The number of carbonyl (C=O) groups excluding carboxylic acids is 1. The van der Waals surface area contributed by atoms with E-state index < -0.39 is 5.97 Å². The number of amides is 1. The number of carbonyl (C=O) groups is 2. The van der Waals surface area contributed by atoms with Crippen molar-refractivity contribution in [3.8, 4) is 0 Å². The van der Waals surface area contributed by atoms with Crippen LogP contribution in [-0.4, -0.2) is 46.6 Å². The molecule has 104 valence electrons. The fourth-order valence-electron chi connectivity index (χ4n) is 1.94. The zero-order chi connectivity index (χ0) is 13.7. The van der Waals surface area contributed by atoms with Gasteiger partial charge in [-0.05, 0) is 33.1 Å². The average Bonchev–Trinajstić information content (AvgIpc) is 3.12. The van der Waals surface area contributed by atoms with E-state index in [9.17, 15) is 9.59 Å². The molecule has 18 heavy (non-hydrogen) atoms. The van der Waals surface area contributed by atoms with Gasteiger partial charge in [0.15, 0.2) is 0 Å². The molecule has 1 aliphatic carbocycles. The van der Waals surface area contributed by atoms with Gasteiger partial charge in [0.1, 0.15) is 0 Å². The maximum absolute atomic E-state index is 12.0. The van der Waals surface area contributed by atoms with E-state index in [1.807, 2.05) is 25.7 Å². The summed E-state index contributed by atoms with van der Waals surface area (Å²) in [4.78, 5) is 24.7. The van der Waals surface area contributed by atoms with Crippen LogP contribution >= 0.6 is 0 Å². The quantitative estimate of drug-likeness (QED) is 0.685. The lowest BCUT2D eigenvalue weighted by Crippen LogP contribution is -2.49. The highest BCUT2D eigenvalue weighted by Crippen LogP contribution is 2.28. The molecule has 0 aliphatic heterocycles. The highest BCUT2D eigenvalue weighted by molar-refractivity contribution is 5.81. The molecule has 2 N–H and O–H groups in total. The van der Waals surface area contributed by atoms with Crippen LogP contribution in [0.25, 0.3) is 0 Å². The highest BCUT2D eigenvalue weighted by atomic mass is 16.4. The molecule has 0 radical (unpaired) electrons. The van der Waals surface area contributed by atoms with Gasteiger partial charge in [-0.2, -0.15) is 0 Å². The van der Waals surface area contributed by atoms with Crippen LogP contribution in [0.5, 0.6) is 0 Å². The summed E-state index contributed by atoms with van der Waals surface area (Å²) in [7, 11) is 0. The molecule has 0 aromatic rings. The molecule has 0 aromatic heterocycles. The molecule has 1 saturated carbocycles. The van der Waals surface area contributed by atoms with E-state index >= 15 is 0 Å². The largest absolute Gasteiger partial charge is 0.481 e. The van der Waals surface area contributed by atoms with Gasteiger partial charge in [0.25, 0.3) is 0 Å². The van der Waals surface area contributed by atoms with Gasteiger partial charge in [-0.25, -0.2) is 0 Å². The number of nitrogens with one attached hydrogen (secondary N) is 1. The minimum Gasteiger partial charge on any atom is -0.481 e. The van der Waals surface area contributed by atoms with Gasteiger partial charge in [0.2, 0.25) is 5.91 Å². The summed E-state index contributed by atoms with van der Waals surface area (Å²) in [5.74, 6) is -0.808. The first-order chi connectivity index (χ1) is 8.45. The van der Waals surface area contributed by atoms with Gasteiger partial charge in [-0.15, -0.1) is 0 Å². The molecule has 0 bridgehead atoms. The Balaban J connectivity index is 2.50. The van der Waals surface area contributed by atoms with E-state index in [-0.39, 0.29) is 24.4 Å². The number of rotatable bonds is 8. The van der Waals surface area contributed by atoms with Gasteiger partial charge in [0.05, 0.1) is 12.5 Å². The van der Waals surface area contributed by atoms with Crippen molar-refractivity contribution < 1.29 is 14.7 Å². The third-order valence-corrected chi connectivity index (χ3v) is 3.48. The Hall–Kier alpha value is -1.10. The predicted octanol–water partition coefficient (Wildman–Crippen LogP) is 1.23. The average molecular weight is 256 g/mol. The maximum atomic E-state index is 12.0. The molecule has 5 nitrogen and oxygen atoms in total. The SMILES string of the molecule is CCC(C)NC(=O)C(C)N(CCC(=O)O)C1CC1. The zero-order valence-corrected chi connectivity index (χ0v) is 11.5. The first kappa shape index (κ1) is 15.0. The molecule has 0 aromatic carbocycles. The number of hydrogen-bond donors (Lipinski definition) is 2. The van der Waals surface area contributed by atoms with Crippen LogP contribution in [0.4, 0.5) is 0 Å². The molecule has 0 spiro atoms. The third-order valence-electron chi connectivity index (χ3n) is 3.48. The van der Waals surface area contributed by atoms with Crippen molar-refractivity contribution in [1.29, 1.82) is 0 Å². The van der Waals surface area contributed by atoms with E-state index in [0.717, 1.165) is 19.3 Å². The summed E-state index contributed by atoms with van der Waals surface area (Å²) in [5.41, 5.74) is 0.